The van der Waals surface area contributed by atoms with Crippen LogP contribution in [0.4, 0.5) is 4.79 Å². The number of carbonyl (C=O) groups excluding carboxylic acids is 1. The molecule has 1 saturated heterocycles. The van der Waals surface area contributed by atoms with Crippen molar-refractivity contribution in [3.8, 4) is 0 Å². The van der Waals surface area contributed by atoms with E-state index in [1.165, 1.54) is 0 Å². The van der Waals surface area contributed by atoms with E-state index in [1.807, 2.05) is 49.9 Å². The van der Waals surface area contributed by atoms with E-state index in [0.29, 0.717) is 6.54 Å². The van der Waals surface area contributed by atoms with Crippen molar-refractivity contribution < 1.29 is 9.53 Å². The molecule has 1 N–H and O–H groups in total. The molecule has 1 atom stereocenters. The average Bonchev–Trinajstić information content (AvgIpc) is 2.48. The Morgan fingerprint density at radius 3 is 2.78 bits per heavy atom. The second-order valence-corrected chi connectivity index (χ2v) is 7.45. The topological polar surface area (TPSA) is 41.6 Å². The monoisotopic (exact) mass is 338 g/mol. The molecule has 23 heavy (non-hydrogen) atoms. The number of likely N-dealkylation sites (tertiary alicyclic amines) is 1. The first-order chi connectivity index (χ1) is 10.9. The zero-order valence-corrected chi connectivity index (χ0v) is 15.0. The van der Waals surface area contributed by atoms with Gasteiger partial charge in [-0.15, -0.1) is 0 Å². The minimum absolute atomic E-state index is 0.182. The highest BCUT2D eigenvalue weighted by molar-refractivity contribution is 6.31. The van der Waals surface area contributed by atoms with E-state index in [4.69, 9.17) is 16.3 Å². The zero-order valence-electron chi connectivity index (χ0n) is 14.3. The molecule has 1 fully saturated rings. The van der Waals surface area contributed by atoms with Gasteiger partial charge in [-0.2, -0.15) is 0 Å². The summed E-state index contributed by atoms with van der Waals surface area (Å²) in [7, 11) is 0. The quantitative estimate of drug-likeness (QED) is 0.893. The summed E-state index contributed by atoms with van der Waals surface area (Å²) < 4.78 is 5.53. The van der Waals surface area contributed by atoms with Gasteiger partial charge < -0.3 is 15.0 Å². The van der Waals surface area contributed by atoms with Crippen LogP contribution in [-0.2, 0) is 11.3 Å². The first kappa shape index (κ1) is 18.1. The van der Waals surface area contributed by atoms with E-state index in [0.717, 1.165) is 42.9 Å². The molecule has 1 aliphatic heterocycles. The molecule has 1 unspecified atom stereocenters. The summed E-state index contributed by atoms with van der Waals surface area (Å²) in [6.45, 7) is 7.94. The van der Waals surface area contributed by atoms with E-state index >= 15 is 0 Å². The Morgan fingerprint density at radius 1 is 1.35 bits per heavy atom. The third-order valence-corrected chi connectivity index (χ3v) is 4.28. The Balaban J connectivity index is 1.89. The van der Waals surface area contributed by atoms with Gasteiger partial charge in [-0.05, 0) is 51.7 Å². The smallest absolute Gasteiger partial charge is 0.410 e. The molecular formula is C18H27ClN2O2. The van der Waals surface area contributed by atoms with Crippen LogP contribution in [0.25, 0.3) is 0 Å². The normalized spacial score (nSPS) is 18.8. The Morgan fingerprint density at radius 2 is 2.09 bits per heavy atom. The Labute approximate surface area is 144 Å². The number of rotatable bonds is 4. The Hall–Kier alpha value is -1.26. The van der Waals surface area contributed by atoms with Crippen LogP contribution in [0.2, 0.25) is 5.02 Å². The van der Waals surface area contributed by atoms with Crippen molar-refractivity contribution in [2.75, 3.05) is 13.1 Å². The molecule has 0 aliphatic carbocycles. The van der Waals surface area contributed by atoms with Gasteiger partial charge in [-0.3, -0.25) is 0 Å². The second kappa shape index (κ2) is 8.02. The lowest BCUT2D eigenvalue weighted by atomic mass is 10.0. The van der Waals surface area contributed by atoms with Gasteiger partial charge >= 0.3 is 6.09 Å². The van der Waals surface area contributed by atoms with Crippen molar-refractivity contribution >= 4 is 17.7 Å². The van der Waals surface area contributed by atoms with Gasteiger partial charge in [0.25, 0.3) is 0 Å². The van der Waals surface area contributed by atoms with Crippen molar-refractivity contribution in [3.63, 3.8) is 0 Å². The number of halogens is 1. The molecule has 0 spiro atoms. The van der Waals surface area contributed by atoms with E-state index in [-0.39, 0.29) is 12.1 Å². The summed E-state index contributed by atoms with van der Waals surface area (Å²) >= 11 is 6.17. The Kier molecular flexibility index (Phi) is 6.31. The van der Waals surface area contributed by atoms with Crippen LogP contribution in [0.3, 0.4) is 0 Å². The van der Waals surface area contributed by atoms with Crippen molar-refractivity contribution in [1.29, 1.82) is 0 Å². The summed E-state index contributed by atoms with van der Waals surface area (Å²) in [5.41, 5.74) is 0.623. The predicted molar refractivity (Wildman–Crippen MR) is 93.7 cm³/mol. The molecule has 4 nitrogen and oxygen atoms in total. The highest BCUT2D eigenvalue weighted by atomic mass is 35.5. The van der Waals surface area contributed by atoms with Crippen molar-refractivity contribution in [3.05, 3.63) is 34.9 Å². The summed E-state index contributed by atoms with van der Waals surface area (Å²) in [5.74, 6) is 0. The van der Waals surface area contributed by atoms with Gasteiger partial charge in [-0.25, -0.2) is 4.79 Å². The van der Waals surface area contributed by atoms with Crippen molar-refractivity contribution in [2.24, 2.45) is 0 Å². The van der Waals surface area contributed by atoms with Crippen LogP contribution in [0.5, 0.6) is 0 Å². The molecule has 1 aliphatic rings. The average molecular weight is 339 g/mol. The van der Waals surface area contributed by atoms with Crippen LogP contribution in [0, 0.1) is 0 Å². The molecule has 0 saturated carbocycles. The maximum absolute atomic E-state index is 12.4. The molecule has 1 aromatic rings. The van der Waals surface area contributed by atoms with Gasteiger partial charge in [0.05, 0.1) is 0 Å². The highest BCUT2D eigenvalue weighted by Gasteiger charge is 2.30. The van der Waals surface area contributed by atoms with Crippen molar-refractivity contribution in [1.82, 2.24) is 10.2 Å². The number of piperidine rings is 1. The number of amides is 1. The van der Waals surface area contributed by atoms with Crippen LogP contribution in [0.15, 0.2) is 24.3 Å². The van der Waals surface area contributed by atoms with Crippen LogP contribution in [-0.4, -0.2) is 35.7 Å². The molecule has 0 bridgehead atoms. The van der Waals surface area contributed by atoms with E-state index in [2.05, 4.69) is 5.32 Å². The minimum Gasteiger partial charge on any atom is -0.444 e. The van der Waals surface area contributed by atoms with E-state index in [9.17, 15) is 4.79 Å². The lowest BCUT2D eigenvalue weighted by Crippen LogP contribution is -2.50. The largest absolute Gasteiger partial charge is 0.444 e. The summed E-state index contributed by atoms with van der Waals surface area (Å²) in [4.78, 5) is 14.2. The molecule has 0 radical (unpaired) electrons. The lowest BCUT2D eigenvalue weighted by molar-refractivity contribution is 0.00993. The van der Waals surface area contributed by atoms with Gasteiger partial charge in [0.2, 0.25) is 0 Å². The third-order valence-electron chi connectivity index (χ3n) is 3.91. The number of carbonyl (C=O) groups is 1. The standard InChI is InChI=1S/C18H27ClN2O2/c1-18(2,3)23-17(22)21-11-7-6-9-15(21)13-20-12-14-8-4-5-10-16(14)19/h4-5,8,10,15,20H,6-7,9,11-13H2,1-3H3. The fourth-order valence-electron chi connectivity index (χ4n) is 2.79. The Bertz CT molecular complexity index is 528. The fraction of sp³-hybridized carbons (Fsp3) is 0.611. The summed E-state index contributed by atoms with van der Waals surface area (Å²) in [6, 6.07) is 8.00. The summed E-state index contributed by atoms with van der Waals surface area (Å²) in [6.07, 6.45) is 2.99. The van der Waals surface area contributed by atoms with Crippen LogP contribution in [0.1, 0.15) is 45.6 Å². The SMILES string of the molecule is CC(C)(C)OC(=O)N1CCCCC1CNCc1ccccc1Cl. The number of hydrogen-bond donors (Lipinski definition) is 1. The number of benzene rings is 1. The third kappa shape index (κ3) is 5.70. The van der Waals surface area contributed by atoms with E-state index < -0.39 is 5.60 Å². The molecule has 2 rings (SSSR count). The van der Waals surface area contributed by atoms with Gasteiger partial charge in [0, 0.05) is 30.7 Å². The number of nitrogens with one attached hydrogen (secondary N) is 1. The number of ether oxygens (including phenoxy) is 1. The summed E-state index contributed by atoms with van der Waals surface area (Å²) in [5, 5.41) is 4.20. The fourth-order valence-corrected chi connectivity index (χ4v) is 2.99. The van der Waals surface area contributed by atoms with Crippen molar-refractivity contribution in [2.45, 2.75) is 58.2 Å². The lowest BCUT2D eigenvalue weighted by Gasteiger charge is -2.37. The molecule has 128 valence electrons. The number of hydrogen-bond acceptors (Lipinski definition) is 3. The zero-order chi connectivity index (χ0) is 16.9. The molecule has 5 heteroatoms. The maximum Gasteiger partial charge on any atom is 0.410 e. The highest BCUT2D eigenvalue weighted by Crippen LogP contribution is 2.20. The molecule has 1 heterocycles. The van der Waals surface area contributed by atoms with Gasteiger partial charge in [0.15, 0.2) is 0 Å². The first-order valence-corrected chi connectivity index (χ1v) is 8.68. The van der Waals surface area contributed by atoms with Gasteiger partial charge in [-0.1, -0.05) is 29.8 Å². The predicted octanol–water partition coefficient (Wildman–Crippen LogP) is 4.22. The number of nitrogens with zero attached hydrogens (tertiary/aromatic N) is 1. The minimum atomic E-state index is -0.454. The molecular weight excluding hydrogens is 312 g/mol. The van der Waals surface area contributed by atoms with E-state index in [1.54, 1.807) is 0 Å². The molecule has 1 amide bonds. The maximum atomic E-state index is 12.4. The molecule has 1 aromatic carbocycles. The van der Waals surface area contributed by atoms with Gasteiger partial charge in [0.1, 0.15) is 5.60 Å². The molecule has 0 aromatic heterocycles. The van der Waals surface area contributed by atoms with Crippen LogP contribution >= 0.6 is 11.6 Å². The van der Waals surface area contributed by atoms with Crippen LogP contribution < -0.4 is 5.32 Å². The second-order valence-electron chi connectivity index (χ2n) is 7.05. The first-order valence-electron chi connectivity index (χ1n) is 8.30.